The Morgan fingerprint density at radius 1 is 0.865 bits per heavy atom. The van der Waals surface area contributed by atoms with E-state index in [0.717, 1.165) is 27.8 Å². The van der Waals surface area contributed by atoms with Gasteiger partial charge in [0.1, 0.15) is 12.6 Å². The molecule has 1 unspecified atom stereocenters. The van der Waals surface area contributed by atoms with Crippen LogP contribution in [0.4, 0.5) is 0 Å². The lowest BCUT2D eigenvalue weighted by Gasteiger charge is -2.43. The van der Waals surface area contributed by atoms with Gasteiger partial charge in [0.25, 0.3) is 0 Å². The average molecular weight is 513 g/mol. The smallest absolute Gasteiger partial charge is 0.316 e. The summed E-state index contributed by atoms with van der Waals surface area (Å²) in [7, 11) is 4.87. The minimum atomic E-state index is -0.700. The van der Waals surface area contributed by atoms with Crippen LogP contribution in [0, 0.1) is 10.8 Å². The number of rotatable bonds is 4. The minimum absolute atomic E-state index is 0.188. The van der Waals surface area contributed by atoms with Crippen molar-refractivity contribution in [2.75, 3.05) is 27.8 Å². The first-order valence-corrected chi connectivity index (χ1v) is 12.6. The molecule has 2 aromatic rings. The molecule has 1 N–H and O–H groups in total. The lowest BCUT2D eigenvalue weighted by atomic mass is 9.76. The molecule has 0 amide bonds. The van der Waals surface area contributed by atoms with E-state index in [1.807, 2.05) is 18.2 Å². The van der Waals surface area contributed by atoms with Gasteiger partial charge in [-0.3, -0.25) is 9.59 Å². The summed E-state index contributed by atoms with van der Waals surface area (Å²) in [5.41, 5.74) is 3.04. The third-order valence-electron chi connectivity index (χ3n) is 7.12. The monoisotopic (exact) mass is 512 g/mol. The van der Waals surface area contributed by atoms with E-state index in [9.17, 15) is 14.8 Å². The zero-order chi connectivity index (χ0) is 27.5. The second-order valence-corrected chi connectivity index (χ2v) is 12.2. The van der Waals surface area contributed by atoms with E-state index >= 15 is 0 Å². The zero-order valence-electron chi connectivity index (χ0n) is 23.3. The second-order valence-electron chi connectivity index (χ2n) is 12.2. The van der Waals surface area contributed by atoms with Gasteiger partial charge in [-0.05, 0) is 76.4 Å². The van der Waals surface area contributed by atoms with Gasteiger partial charge in [-0.15, -0.1) is 0 Å². The van der Waals surface area contributed by atoms with Crippen LogP contribution in [-0.4, -0.2) is 49.6 Å². The van der Waals surface area contributed by atoms with Crippen molar-refractivity contribution in [1.29, 1.82) is 0 Å². The molecule has 2 aliphatic rings. The van der Waals surface area contributed by atoms with Gasteiger partial charge < -0.3 is 18.9 Å². The molecule has 1 aliphatic heterocycles. The molecule has 200 valence electrons. The third-order valence-corrected chi connectivity index (χ3v) is 7.12. The highest BCUT2D eigenvalue weighted by Gasteiger charge is 2.46. The van der Waals surface area contributed by atoms with Crippen LogP contribution in [0.25, 0.3) is 11.1 Å². The van der Waals surface area contributed by atoms with Crippen LogP contribution in [-0.2, 0) is 22.4 Å². The first-order chi connectivity index (χ1) is 17.1. The molecular formula is C29H38NO7+. The molecule has 0 bridgehead atoms. The summed E-state index contributed by atoms with van der Waals surface area (Å²) in [6, 6.07) is 5.24. The largest absolute Gasteiger partial charge is 0.493 e. The van der Waals surface area contributed by atoms with Crippen LogP contribution < -0.4 is 18.9 Å². The number of fused-ring (bicyclic) bond motifs is 2. The Morgan fingerprint density at radius 2 is 1.43 bits per heavy atom. The molecule has 0 saturated heterocycles. The van der Waals surface area contributed by atoms with Crippen LogP contribution in [0.1, 0.15) is 64.3 Å². The van der Waals surface area contributed by atoms with E-state index in [1.165, 1.54) is 7.11 Å². The summed E-state index contributed by atoms with van der Waals surface area (Å²) >= 11 is 0. The van der Waals surface area contributed by atoms with Crippen LogP contribution in [0.5, 0.6) is 23.0 Å². The molecular weight excluding hydrogens is 474 g/mol. The Kier molecular flexibility index (Phi) is 6.57. The van der Waals surface area contributed by atoms with Gasteiger partial charge in [0.05, 0.1) is 32.1 Å². The van der Waals surface area contributed by atoms with E-state index in [0.29, 0.717) is 42.4 Å². The molecule has 0 radical (unpaired) electrons. The molecule has 0 saturated carbocycles. The van der Waals surface area contributed by atoms with E-state index in [4.69, 9.17) is 18.9 Å². The second kappa shape index (κ2) is 9.03. The summed E-state index contributed by atoms with van der Waals surface area (Å²) in [4.78, 5) is 25.5. The number of carbonyl (C=O) groups excluding carboxylic acids is 2. The van der Waals surface area contributed by atoms with Gasteiger partial charge >= 0.3 is 11.9 Å². The van der Waals surface area contributed by atoms with E-state index in [1.54, 1.807) is 55.7 Å². The highest BCUT2D eigenvalue weighted by atomic mass is 16.6. The normalized spacial score (nSPS) is 20.4. The Balaban J connectivity index is 1.96. The maximum absolute atomic E-state index is 12.8. The lowest BCUT2D eigenvalue weighted by molar-refractivity contribution is -1.11. The topological polar surface area (TPSA) is 91.3 Å². The number of benzene rings is 2. The lowest BCUT2D eigenvalue weighted by Crippen LogP contribution is -2.50. The van der Waals surface area contributed by atoms with Gasteiger partial charge in [-0.1, -0.05) is 0 Å². The number of hydrogen-bond donors (Lipinski definition) is 1. The summed E-state index contributed by atoms with van der Waals surface area (Å²) in [6.45, 7) is 11.3. The highest BCUT2D eigenvalue weighted by molar-refractivity contribution is 5.87. The number of quaternary nitrogens is 1. The van der Waals surface area contributed by atoms with Crippen molar-refractivity contribution in [2.45, 2.75) is 60.4 Å². The molecule has 37 heavy (non-hydrogen) atoms. The van der Waals surface area contributed by atoms with Gasteiger partial charge in [0, 0.05) is 24.0 Å². The SMILES string of the molecule is COc1cc2c(cc1OC(=O)C(C)(C)C)C[C@H]1c3c(cc(OC(=O)C(C)(C)C)c(OC)c3-2)CC[N+]1(C)O. The number of hydroxylamine groups is 3. The maximum Gasteiger partial charge on any atom is 0.316 e. The van der Waals surface area contributed by atoms with Crippen molar-refractivity contribution in [3.8, 4) is 34.1 Å². The minimum Gasteiger partial charge on any atom is -0.493 e. The number of ether oxygens (including phenoxy) is 4. The number of likely N-dealkylation sites (N-methyl/N-ethyl adjacent to an activating group) is 1. The average Bonchev–Trinajstić information content (AvgIpc) is 2.79. The molecule has 1 aliphatic carbocycles. The highest BCUT2D eigenvalue weighted by Crippen LogP contribution is 2.55. The van der Waals surface area contributed by atoms with Crippen molar-refractivity contribution < 1.29 is 38.4 Å². The van der Waals surface area contributed by atoms with Gasteiger partial charge in [-0.25, -0.2) is 5.21 Å². The summed E-state index contributed by atoms with van der Waals surface area (Å²) in [5, 5.41) is 11.4. The predicted molar refractivity (Wildman–Crippen MR) is 138 cm³/mol. The zero-order valence-corrected chi connectivity index (χ0v) is 23.3. The number of methoxy groups -OCH3 is 2. The number of esters is 2. The molecule has 1 heterocycles. The van der Waals surface area contributed by atoms with E-state index < -0.39 is 10.8 Å². The number of hydrogen-bond acceptors (Lipinski definition) is 7. The summed E-state index contributed by atoms with van der Waals surface area (Å²) < 4.78 is 22.9. The fourth-order valence-corrected chi connectivity index (χ4v) is 4.88. The van der Waals surface area contributed by atoms with Gasteiger partial charge in [0.15, 0.2) is 23.0 Å². The third kappa shape index (κ3) is 4.80. The maximum atomic E-state index is 12.8. The number of nitrogens with zero attached hydrogens (tertiary/aromatic N) is 1. The van der Waals surface area contributed by atoms with Crippen LogP contribution in [0.15, 0.2) is 18.2 Å². The molecule has 0 spiro atoms. The molecule has 2 atom stereocenters. The molecule has 2 aromatic carbocycles. The van der Waals surface area contributed by atoms with Gasteiger partial charge in [0.2, 0.25) is 0 Å². The molecule has 8 nitrogen and oxygen atoms in total. The van der Waals surface area contributed by atoms with Crippen LogP contribution in [0.3, 0.4) is 0 Å². The Hall–Kier alpha value is -3.10. The fraction of sp³-hybridized carbons (Fsp3) is 0.517. The van der Waals surface area contributed by atoms with Crippen molar-refractivity contribution in [1.82, 2.24) is 0 Å². The van der Waals surface area contributed by atoms with Crippen molar-refractivity contribution in [3.63, 3.8) is 0 Å². The first-order valence-electron chi connectivity index (χ1n) is 12.6. The summed E-state index contributed by atoms with van der Waals surface area (Å²) in [6.07, 6.45) is 1.14. The quantitative estimate of drug-likeness (QED) is 0.339. The predicted octanol–water partition coefficient (Wildman–Crippen LogP) is 5.26. The van der Waals surface area contributed by atoms with Crippen LogP contribution in [0.2, 0.25) is 0 Å². The van der Waals surface area contributed by atoms with Crippen LogP contribution >= 0.6 is 0 Å². The Bertz CT molecular complexity index is 1260. The number of carbonyl (C=O) groups is 2. The Labute approximate surface area is 218 Å². The molecule has 0 aromatic heterocycles. The fourth-order valence-electron chi connectivity index (χ4n) is 4.88. The Morgan fingerprint density at radius 3 is 1.97 bits per heavy atom. The molecule has 4 rings (SSSR count). The molecule has 8 heteroatoms. The van der Waals surface area contributed by atoms with E-state index in [-0.39, 0.29) is 22.6 Å². The molecule has 0 fully saturated rings. The van der Waals surface area contributed by atoms with Gasteiger partial charge in [-0.2, -0.15) is 4.65 Å². The van der Waals surface area contributed by atoms with E-state index in [2.05, 4.69) is 0 Å². The standard InChI is InChI=1S/C29H38NO7/c1-28(2,3)26(31)36-21-14-17-12-19-23-16(10-11-30(19,7)33)13-22(37-27(32)29(4,5)6)25(35-9)24(23)18(17)15-20(21)34-8/h13-15,19,33H,10-12H2,1-9H3/q+1/t19-,30?/m0/s1. The van der Waals surface area contributed by atoms with Crippen molar-refractivity contribution in [2.24, 2.45) is 10.8 Å². The van der Waals surface area contributed by atoms with Crippen molar-refractivity contribution in [3.05, 3.63) is 34.9 Å². The van der Waals surface area contributed by atoms with Crippen molar-refractivity contribution >= 4 is 11.9 Å². The first kappa shape index (κ1) is 26.9. The summed E-state index contributed by atoms with van der Waals surface area (Å²) in [5.74, 6) is 0.747.